The number of allylic oxidation sites excluding steroid dienone is 7. The number of ether oxygens (including phenoxy) is 2. The molecule has 0 spiro atoms. The van der Waals surface area contributed by atoms with Gasteiger partial charge >= 0.3 is 0 Å². The Kier molecular flexibility index (Phi) is 13.8. The first-order valence-electron chi connectivity index (χ1n) is 6.70. The second-order valence-corrected chi connectivity index (χ2v) is 3.50. The predicted molar refractivity (Wildman–Crippen MR) is 93.4 cm³/mol. The van der Waals surface area contributed by atoms with Crippen molar-refractivity contribution in [3.63, 3.8) is 0 Å². The highest BCUT2D eigenvalue weighted by Gasteiger charge is 1.94. The van der Waals surface area contributed by atoms with Crippen LogP contribution in [0.2, 0.25) is 0 Å². The minimum atomic E-state index is 0.431. The fraction of sp³-hybridized carbons (Fsp3) is 0.158. The van der Waals surface area contributed by atoms with Gasteiger partial charge in [-0.15, -0.1) is 0 Å². The molecule has 0 aliphatic rings. The third-order valence-electron chi connectivity index (χ3n) is 1.75. The van der Waals surface area contributed by atoms with Crippen LogP contribution in [0.25, 0.3) is 0 Å². The fourth-order valence-corrected chi connectivity index (χ4v) is 1.02. The molecule has 0 aliphatic carbocycles. The van der Waals surface area contributed by atoms with Crippen molar-refractivity contribution in [3.8, 4) is 0 Å². The van der Waals surface area contributed by atoms with Gasteiger partial charge in [-0.3, -0.25) is 0 Å². The molecule has 0 saturated heterocycles. The largest absolute Gasteiger partial charge is 0.459 e. The highest BCUT2D eigenvalue weighted by molar-refractivity contribution is 5.23. The summed E-state index contributed by atoms with van der Waals surface area (Å²) in [5.74, 6) is 1.86. The van der Waals surface area contributed by atoms with E-state index < -0.39 is 0 Å². The molecule has 0 atom stereocenters. The van der Waals surface area contributed by atoms with Gasteiger partial charge in [0.25, 0.3) is 0 Å². The van der Waals surface area contributed by atoms with Crippen molar-refractivity contribution in [3.05, 3.63) is 98.5 Å². The van der Waals surface area contributed by atoms with Crippen LogP contribution in [0.5, 0.6) is 0 Å². The van der Waals surface area contributed by atoms with Gasteiger partial charge in [-0.1, -0.05) is 65.0 Å². The normalized spacial score (nSPS) is 10.0. The van der Waals surface area contributed by atoms with Gasteiger partial charge in [0, 0.05) is 0 Å². The van der Waals surface area contributed by atoms with Crippen LogP contribution in [0, 0.1) is 0 Å². The lowest BCUT2D eigenvalue weighted by molar-refractivity contribution is 0.332. The van der Waals surface area contributed by atoms with Crippen molar-refractivity contribution in [2.75, 3.05) is 0 Å². The standard InChI is InChI=1S/C17H20O2.C2H6/c1-7-9-11-15(4)19-17(6)13-12-16(5)18-14(3)10-8-2;1-2/h7-13H,1,3-6H2,2H3;1-2H3/b10-8-,11-9-,13-12-;. The molecule has 0 aliphatic heterocycles. The van der Waals surface area contributed by atoms with Crippen molar-refractivity contribution < 1.29 is 9.47 Å². The molecule has 0 bridgehead atoms. The summed E-state index contributed by atoms with van der Waals surface area (Å²) in [5.41, 5.74) is 0. The van der Waals surface area contributed by atoms with Crippen LogP contribution in [-0.2, 0) is 9.47 Å². The summed E-state index contributed by atoms with van der Waals surface area (Å²) < 4.78 is 10.6. The van der Waals surface area contributed by atoms with Crippen molar-refractivity contribution in [1.82, 2.24) is 0 Å². The van der Waals surface area contributed by atoms with Crippen molar-refractivity contribution in [2.45, 2.75) is 20.8 Å². The lowest BCUT2D eigenvalue weighted by Gasteiger charge is -2.06. The first-order valence-corrected chi connectivity index (χ1v) is 6.70. The van der Waals surface area contributed by atoms with Crippen molar-refractivity contribution >= 4 is 0 Å². The molecule has 0 rings (SSSR count). The minimum absolute atomic E-state index is 0.431. The zero-order valence-corrected chi connectivity index (χ0v) is 13.4. The van der Waals surface area contributed by atoms with Gasteiger partial charge in [0.1, 0.15) is 23.0 Å². The molecule has 0 aromatic heterocycles. The molecule has 0 heterocycles. The van der Waals surface area contributed by atoms with Crippen molar-refractivity contribution in [2.24, 2.45) is 0 Å². The Morgan fingerprint density at radius 2 is 1.10 bits per heavy atom. The van der Waals surface area contributed by atoms with Gasteiger partial charge in [-0.05, 0) is 31.2 Å². The molecule has 2 heteroatoms. The van der Waals surface area contributed by atoms with E-state index in [0.717, 1.165) is 0 Å². The van der Waals surface area contributed by atoms with E-state index >= 15 is 0 Å². The van der Waals surface area contributed by atoms with Gasteiger partial charge < -0.3 is 9.47 Å². The number of rotatable bonds is 9. The maximum atomic E-state index is 5.31. The topological polar surface area (TPSA) is 18.5 Å². The predicted octanol–water partition coefficient (Wildman–Crippen LogP) is 5.98. The zero-order chi connectivity index (χ0) is 16.7. The Labute approximate surface area is 129 Å². The van der Waals surface area contributed by atoms with E-state index in [1.165, 1.54) is 0 Å². The zero-order valence-electron chi connectivity index (χ0n) is 13.4. The van der Waals surface area contributed by atoms with Gasteiger partial charge in [0.05, 0.1) is 0 Å². The summed E-state index contributed by atoms with van der Waals surface area (Å²) in [6.07, 6.45) is 11.9. The molecule has 0 aromatic carbocycles. The summed E-state index contributed by atoms with van der Waals surface area (Å²) in [7, 11) is 0. The van der Waals surface area contributed by atoms with Crippen molar-refractivity contribution in [1.29, 1.82) is 0 Å². The quantitative estimate of drug-likeness (QED) is 0.383. The summed E-state index contributed by atoms with van der Waals surface area (Å²) in [5, 5.41) is 0. The van der Waals surface area contributed by atoms with Crippen LogP contribution in [0.3, 0.4) is 0 Å². The number of hydrogen-bond donors (Lipinski definition) is 0. The molecular formula is C19H26O2. The maximum Gasteiger partial charge on any atom is 0.120 e. The van der Waals surface area contributed by atoms with E-state index in [1.54, 1.807) is 36.5 Å². The lowest BCUT2D eigenvalue weighted by atomic mass is 10.4. The Morgan fingerprint density at radius 1 is 0.714 bits per heavy atom. The molecule has 21 heavy (non-hydrogen) atoms. The molecule has 0 amide bonds. The van der Waals surface area contributed by atoms with Crippen LogP contribution in [0.1, 0.15) is 20.8 Å². The Hall–Kier alpha value is -2.48. The second-order valence-electron chi connectivity index (χ2n) is 3.50. The third kappa shape index (κ3) is 13.7. The molecule has 0 unspecified atom stereocenters. The molecule has 0 aromatic rings. The van der Waals surface area contributed by atoms with E-state index in [2.05, 4.69) is 32.9 Å². The van der Waals surface area contributed by atoms with Crippen LogP contribution in [0.15, 0.2) is 98.5 Å². The summed E-state index contributed by atoms with van der Waals surface area (Å²) in [6, 6.07) is 0. The average molecular weight is 286 g/mol. The molecule has 0 saturated carbocycles. The van der Waals surface area contributed by atoms with Crippen LogP contribution in [-0.4, -0.2) is 0 Å². The molecule has 0 fully saturated rings. The van der Waals surface area contributed by atoms with E-state index in [4.69, 9.17) is 9.47 Å². The number of hydrogen-bond acceptors (Lipinski definition) is 2. The summed E-state index contributed by atoms with van der Waals surface area (Å²) in [4.78, 5) is 0. The third-order valence-corrected chi connectivity index (χ3v) is 1.75. The molecule has 0 N–H and O–H groups in total. The highest BCUT2D eigenvalue weighted by atomic mass is 16.5. The maximum absolute atomic E-state index is 5.31. The fourth-order valence-electron chi connectivity index (χ4n) is 1.02. The summed E-state index contributed by atoms with van der Waals surface area (Å²) >= 11 is 0. The van der Waals surface area contributed by atoms with Crippen LogP contribution < -0.4 is 0 Å². The average Bonchev–Trinajstić information content (AvgIpc) is 2.45. The molecule has 114 valence electrons. The van der Waals surface area contributed by atoms with E-state index in [0.29, 0.717) is 23.0 Å². The Morgan fingerprint density at radius 3 is 1.48 bits per heavy atom. The van der Waals surface area contributed by atoms with Crippen LogP contribution in [0.4, 0.5) is 0 Å². The van der Waals surface area contributed by atoms with Gasteiger partial charge in [-0.2, -0.15) is 0 Å². The minimum Gasteiger partial charge on any atom is -0.459 e. The Bertz CT molecular complexity index is 460. The molecule has 2 nitrogen and oxygen atoms in total. The molecular weight excluding hydrogens is 260 g/mol. The highest BCUT2D eigenvalue weighted by Crippen LogP contribution is 2.09. The Balaban J connectivity index is 0. The molecule has 0 radical (unpaired) electrons. The summed E-state index contributed by atoms with van der Waals surface area (Å²) in [6.45, 7) is 24.3. The smallest absolute Gasteiger partial charge is 0.120 e. The SMILES string of the molecule is C=C/C=C\C(=C)OC(=C)/C=C\C(=C)OC(=C)/C=C\C.CC. The van der Waals surface area contributed by atoms with Gasteiger partial charge in [0.2, 0.25) is 0 Å². The van der Waals surface area contributed by atoms with Crippen LogP contribution >= 0.6 is 0 Å². The first kappa shape index (κ1) is 20.8. The van der Waals surface area contributed by atoms with Gasteiger partial charge in [-0.25, -0.2) is 0 Å². The van der Waals surface area contributed by atoms with Gasteiger partial charge in [0.15, 0.2) is 0 Å². The van der Waals surface area contributed by atoms with E-state index in [-0.39, 0.29) is 0 Å². The lowest BCUT2D eigenvalue weighted by Crippen LogP contribution is -1.87. The first-order chi connectivity index (χ1) is 9.99. The van der Waals surface area contributed by atoms with E-state index in [9.17, 15) is 0 Å². The van der Waals surface area contributed by atoms with E-state index in [1.807, 2.05) is 26.8 Å². The second kappa shape index (κ2) is 13.9. The monoisotopic (exact) mass is 286 g/mol.